The molecule has 1 heterocycles. The smallest absolute Gasteiger partial charge is 0.129 e. The Morgan fingerprint density at radius 2 is 1.95 bits per heavy atom. The molecular formula is C18H19ClO3. The van der Waals surface area contributed by atoms with Crippen LogP contribution in [0.5, 0.6) is 11.5 Å². The number of fused-ring (bicyclic) bond motifs is 1. The maximum Gasteiger partial charge on any atom is 0.129 e. The molecule has 0 bridgehead atoms. The minimum absolute atomic E-state index is 0.374. The molecule has 0 spiro atoms. The fraction of sp³-hybridized carbons (Fsp3) is 0.333. The SMILES string of the molecule is CC1(C)C[C@H](O)c2ccc(OCc3ccc(Cl)cc3)cc2O1. The van der Waals surface area contributed by atoms with E-state index in [0.29, 0.717) is 23.8 Å². The third-order valence-corrected chi connectivity index (χ3v) is 3.99. The molecule has 2 aromatic carbocycles. The number of benzene rings is 2. The topological polar surface area (TPSA) is 38.7 Å². The van der Waals surface area contributed by atoms with Gasteiger partial charge in [0, 0.05) is 23.1 Å². The predicted octanol–water partition coefficient (Wildman–Crippen LogP) is 4.51. The summed E-state index contributed by atoms with van der Waals surface area (Å²) < 4.78 is 11.7. The first-order chi connectivity index (χ1) is 10.4. The molecule has 1 aliphatic rings. The molecule has 116 valence electrons. The van der Waals surface area contributed by atoms with Gasteiger partial charge in [-0.25, -0.2) is 0 Å². The van der Waals surface area contributed by atoms with E-state index in [1.807, 2.05) is 56.3 Å². The van der Waals surface area contributed by atoms with Crippen LogP contribution in [0, 0.1) is 0 Å². The molecule has 1 aliphatic heterocycles. The molecule has 0 saturated heterocycles. The Balaban J connectivity index is 1.74. The van der Waals surface area contributed by atoms with E-state index in [2.05, 4.69) is 0 Å². The third kappa shape index (κ3) is 3.37. The van der Waals surface area contributed by atoms with E-state index in [-0.39, 0.29) is 5.60 Å². The van der Waals surface area contributed by atoms with Crippen LogP contribution in [0.3, 0.4) is 0 Å². The van der Waals surface area contributed by atoms with Gasteiger partial charge in [0.15, 0.2) is 0 Å². The molecule has 3 rings (SSSR count). The maximum absolute atomic E-state index is 10.2. The summed E-state index contributed by atoms with van der Waals surface area (Å²) in [6, 6.07) is 13.1. The second kappa shape index (κ2) is 5.82. The summed E-state index contributed by atoms with van der Waals surface area (Å²) in [5, 5.41) is 10.9. The number of hydrogen-bond acceptors (Lipinski definition) is 3. The van der Waals surface area contributed by atoms with Crippen LogP contribution >= 0.6 is 11.6 Å². The molecule has 0 aliphatic carbocycles. The summed E-state index contributed by atoms with van der Waals surface area (Å²) in [6.45, 7) is 4.41. The molecule has 1 N–H and O–H groups in total. The van der Waals surface area contributed by atoms with Gasteiger partial charge in [0.1, 0.15) is 23.7 Å². The van der Waals surface area contributed by atoms with Crippen molar-refractivity contribution in [2.24, 2.45) is 0 Å². The van der Waals surface area contributed by atoms with Crippen molar-refractivity contribution in [3.05, 3.63) is 58.6 Å². The van der Waals surface area contributed by atoms with Gasteiger partial charge in [-0.2, -0.15) is 0 Å². The number of aliphatic hydroxyl groups excluding tert-OH is 1. The lowest BCUT2D eigenvalue weighted by Gasteiger charge is -2.35. The third-order valence-electron chi connectivity index (χ3n) is 3.73. The molecule has 2 aromatic rings. The number of halogens is 1. The van der Waals surface area contributed by atoms with E-state index in [1.54, 1.807) is 0 Å². The van der Waals surface area contributed by atoms with Gasteiger partial charge in [0.2, 0.25) is 0 Å². The molecule has 0 unspecified atom stereocenters. The largest absolute Gasteiger partial charge is 0.489 e. The average molecular weight is 319 g/mol. The molecule has 0 saturated carbocycles. The molecule has 3 nitrogen and oxygen atoms in total. The Morgan fingerprint density at radius 1 is 1.23 bits per heavy atom. The van der Waals surface area contributed by atoms with Gasteiger partial charge in [-0.15, -0.1) is 0 Å². The molecule has 22 heavy (non-hydrogen) atoms. The minimum atomic E-state index is -0.496. The van der Waals surface area contributed by atoms with Crippen LogP contribution in [-0.4, -0.2) is 10.7 Å². The zero-order chi connectivity index (χ0) is 15.7. The van der Waals surface area contributed by atoms with Crippen molar-refractivity contribution in [2.45, 2.75) is 38.6 Å². The summed E-state index contributed by atoms with van der Waals surface area (Å²) in [6.07, 6.45) is 0.0920. The van der Waals surface area contributed by atoms with Crippen LogP contribution < -0.4 is 9.47 Å². The summed E-state index contributed by atoms with van der Waals surface area (Å²) in [7, 11) is 0. The monoisotopic (exact) mass is 318 g/mol. The first-order valence-corrected chi connectivity index (χ1v) is 7.69. The number of ether oxygens (including phenoxy) is 2. The second-order valence-electron chi connectivity index (χ2n) is 6.20. The highest BCUT2D eigenvalue weighted by atomic mass is 35.5. The Hall–Kier alpha value is -1.71. The molecule has 0 aromatic heterocycles. The number of rotatable bonds is 3. The standard InChI is InChI=1S/C18H19ClO3/c1-18(2)10-16(20)15-8-7-14(9-17(15)22-18)21-11-12-3-5-13(19)6-4-12/h3-9,16,20H,10-11H2,1-2H3/t16-/m0/s1. The fourth-order valence-electron chi connectivity index (χ4n) is 2.63. The lowest BCUT2D eigenvalue weighted by molar-refractivity contribution is 0.0113. The van der Waals surface area contributed by atoms with Crippen molar-refractivity contribution < 1.29 is 14.6 Å². The normalized spacial score (nSPS) is 19.2. The van der Waals surface area contributed by atoms with Crippen molar-refractivity contribution in [3.63, 3.8) is 0 Å². The van der Waals surface area contributed by atoms with E-state index in [0.717, 1.165) is 16.9 Å². The minimum Gasteiger partial charge on any atom is -0.489 e. The zero-order valence-corrected chi connectivity index (χ0v) is 13.4. The lowest BCUT2D eigenvalue weighted by Crippen LogP contribution is -2.34. The average Bonchev–Trinajstić information content (AvgIpc) is 2.45. The first kappa shape index (κ1) is 15.2. The summed E-state index contributed by atoms with van der Waals surface area (Å²) in [5.74, 6) is 1.41. The van der Waals surface area contributed by atoms with E-state index in [1.165, 1.54) is 0 Å². The van der Waals surface area contributed by atoms with Crippen LogP contribution in [0.4, 0.5) is 0 Å². The van der Waals surface area contributed by atoms with E-state index in [4.69, 9.17) is 21.1 Å². The quantitative estimate of drug-likeness (QED) is 0.904. The van der Waals surface area contributed by atoms with Gasteiger partial charge in [0.25, 0.3) is 0 Å². The van der Waals surface area contributed by atoms with Crippen molar-refractivity contribution in [3.8, 4) is 11.5 Å². The highest BCUT2D eigenvalue weighted by molar-refractivity contribution is 6.30. The molecule has 1 atom stereocenters. The van der Waals surface area contributed by atoms with E-state index in [9.17, 15) is 5.11 Å². The molecule has 4 heteroatoms. The zero-order valence-electron chi connectivity index (χ0n) is 12.7. The first-order valence-electron chi connectivity index (χ1n) is 7.31. The lowest BCUT2D eigenvalue weighted by atomic mass is 9.92. The van der Waals surface area contributed by atoms with Crippen LogP contribution in [0.15, 0.2) is 42.5 Å². The van der Waals surface area contributed by atoms with Crippen LogP contribution in [0.2, 0.25) is 5.02 Å². The van der Waals surface area contributed by atoms with Crippen molar-refractivity contribution in [1.29, 1.82) is 0 Å². The Morgan fingerprint density at radius 3 is 2.68 bits per heavy atom. The van der Waals surface area contributed by atoms with Crippen molar-refractivity contribution in [2.75, 3.05) is 0 Å². The van der Waals surface area contributed by atoms with Crippen LogP contribution in [0.1, 0.15) is 37.5 Å². The second-order valence-corrected chi connectivity index (χ2v) is 6.63. The van der Waals surface area contributed by atoms with Gasteiger partial charge in [-0.05, 0) is 43.7 Å². The molecule has 0 fully saturated rings. The molecule has 0 radical (unpaired) electrons. The molecular weight excluding hydrogens is 300 g/mol. The number of aliphatic hydroxyl groups is 1. The highest BCUT2D eigenvalue weighted by Crippen LogP contribution is 2.41. The van der Waals surface area contributed by atoms with Crippen LogP contribution in [-0.2, 0) is 6.61 Å². The van der Waals surface area contributed by atoms with Crippen LogP contribution in [0.25, 0.3) is 0 Å². The van der Waals surface area contributed by atoms with Gasteiger partial charge >= 0.3 is 0 Å². The summed E-state index contributed by atoms with van der Waals surface area (Å²) in [5.41, 5.74) is 1.49. The van der Waals surface area contributed by atoms with Gasteiger partial charge < -0.3 is 14.6 Å². The summed E-state index contributed by atoms with van der Waals surface area (Å²) in [4.78, 5) is 0. The molecule has 0 amide bonds. The Labute approximate surface area is 135 Å². The van der Waals surface area contributed by atoms with Gasteiger partial charge in [0.05, 0.1) is 6.10 Å². The van der Waals surface area contributed by atoms with Gasteiger partial charge in [-0.1, -0.05) is 23.7 Å². The number of hydrogen-bond donors (Lipinski definition) is 1. The van der Waals surface area contributed by atoms with Crippen molar-refractivity contribution >= 4 is 11.6 Å². The summed E-state index contributed by atoms with van der Waals surface area (Å²) >= 11 is 5.87. The van der Waals surface area contributed by atoms with Gasteiger partial charge in [-0.3, -0.25) is 0 Å². The Kier molecular flexibility index (Phi) is 4.02. The highest BCUT2D eigenvalue weighted by Gasteiger charge is 2.32. The van der Waals surface area contributed by atoms with E-state index < -0.39 is 6.10 Å². The maximum atomic E-state index is 10.2. The fourth-order valence-corrected chi connectivity index (χ4v) is 2.76. The van der Waals surface area contributed by atoms with Crippen molar-refractivity contribution in [1.82, 2.24) is 0 Å². The Bertz CT molecular complexity index is 665. The van der Waals surface area contributed by atoms with E-state index >= 15 is 0 Å². The predicted molar refractivity (Wildman–Crippen MR) is 86.5 cm³/mol.